The van der Waals surface area contributed by atoms with E-state index in [9.17, 15) is 9.59 Å². The molecular formula is C17H22N4O2. The van der Waals surface area contributed by atoms with Crippen LogP contribution in [-0.4, -0.2) is 27.8 Å². The number of fused-ring (bicyclic) bond motifs is 1. The molecule has 0 bridgehead atoms. The summed E-state index contributed by atoms with van der Waals surface area (Å²) in [4.78, 5) is 31.8. The molecule has 1 fully saturated rings. The first kappa shape index (κ1) is 15.5. The van der Waals surface area contributed by atoms with Crippen LogP contribution in [0.5, 0.6) is 0 Å². The van der Waals surface area contributed by atoms with Crippen molar-refractivity contribution in [2.75, 3.05) is 5.32 Å². The van der Waals surface area contributed by atoms with Crippen LogP contribution in [0.2, 0.25) is 0 Å². The molecule has 1 saturated carbocycles. The Morgan fingerprint density at radius 1 is 1.22 bits per heavy atom. The number of para-hydroxylation sites is 2. The monoisotopic (exact) mass is 314 g/mol. The molecule has 1 heterocycles. The van der Waals surface area contributed by atoms with Gasteiger partial charge in [0, 0.05) is 5.92 Å². The third-order valence-electron chi connectivity index (χ3n) is 4.36. The number of nitrogens with one attached hydrogen (secondary N) is 3. The van der Waals surface area contributed by atoms with E-state index in [2.05, 4.69) is 20.6 Å². The van der Waals surface area contributed by atoms with Crippen LogP contribution >= 0.6 is 0 Å². The van der Waals surface area contributed by atoms with E-state index in [1.165, 1.54) is 6.42 Å². The maximum Gasteiger partial charge on any atom is 0.248 e. The number of rotatable bonds is 4. The molecule has 2 aromatic rings. The average molecular weight is 314 g/mol. The molecule has 3 N–H and O–H groups in total. The Balaban J connectivity index is 1.57. The summed E-state index contributed by atoms with van der Waals surface area (Å²) in [6, 6.07) is 6.97. The van der Waals surface area contributed by atoms with Crippen molar-refractivity contribution in [1.29, 1.82) is 0 Å². The summed E-state index contributed by atoms with van der Waals surface area (Å²) in [6.07, 6.45) is 5.23. The second-order valence-corrected chi connectivity index (χ2v) is 6.16. The van der Waals surface area contributed by atoms with E-state index in [1.807, 2.05) is 24.3 Å². The highest BCUT2D eigenvalue weighted by Gasteiger charge is 2.24. The summed E-state index contributed by atoms with van der Waals surface area (Å²) in [5, 5.41) is 5.53. The fourth-order valence-electron chi connectivity index (χ4n) is 3.00. The van der Waals surface area contributed by atoms with Crippen molar-refractivity contribution >= 4 is 28.8 Å². The molecule has 1 aliphatic rings. The van der Waals surface area contributed by atoms with Gasteiger partial charge in [-0.15, -0.1) is 0 Å². The lowest BCUT2D eigenvalue weighted by atomic mass is 9.88. The van der Waals surface area contributed by atoms with Crippen molar-refractivity contribution < 1.29 is 9.59 Å². The number of anilines is 1. The van der Waals surface area contributed by atoms with Gasteiger partial charge in [-0.3, -0.25) is 14.9 Å². The Kier molecular flexibility index (Phi) is 4.60. The van der Waals surface area contributed by atoms with Gasteiger partial charge in [-0.2, -0.15) is 0 Å². The van der Waals surface area contributed by atoms with Crippen molar-refractivity contribution in [1.82, 2.24) is 15.3 Å². The predicted molar refractivity (Wildman–Crippen MR) is 88.9 cm³/mol. The predicted octanol–water partition coefficient (Wildman–Crippen LogP) is 2.59. The first-order valence-corrected chi connectivity index (χ1v) is 8.19. The standard InChI is InChI=1S/C17H22N4O2/c1-11(18-16(23)12-7-3-2-4-8-12)15(22)21-17-19-13-9-5-6-10-14(13)20-17/h5-6,9-12H,2-4,7-8H2,1H3,(H,18,23)(H2,19,20,21,22). The van der Waals surface area contributed by atoms with Crippen LogP contribution in [0, 0.1) is 5.92 Å². The maximum absolute atomic E-state index is 12.2. The smallest absolute Gasteiger partial charge is 0.248 e. The summed E-state index contributed by atoms with van der Waals surface area (Å²) >= 11 is 0. The molecule has 1 aromatic carbocycles. The van der Waals surface area contributed by atoms with Gasteiger partial charge >= 0.3 is 0 Å². The van der Waals surface area contributed by atoms with Crippen molar-refractivity contribution in [3.05, 3.63) is 24.3 Å². The van der Waals surface area contributed by atoms with E-state index >= 15 is 0 Å². The van der Waals surface area contributed by atoms with Crippen LogP contribution in [0.4, 0.5) is 5.95 Å². The van der Waals surface area contributed by atoms with Gasteiger partial charge in [-0.25, -0.2) is 4.98 Å². The molecule has 122 valence electrons. The molecule has 0 saturated heterocycles. The molecule has 0 aliphatic heterocycles. The highest BCUT2D eigenvalue weighted by molar-refractivity contribution is 5.97. The summed E-state index contributed by atoms with van der Waals surface area (Å²) in [6.45, 7) is 1.69. The number of H-pyrrole nitrogens is 1. The fraction of sp³-hybridized carbons (Fsp3) is 0.471. The van der Waals surface area contributed by atoms with Crippen LogP contribution in [0.25, 0.3) is 11.0 Å². The minimum absolute atomic E-state index is 0.0167. The quantitative estimate of drug-likeness (QED) is 0.810. The molecule has 0 spiro atoms. The molecule has 2 amide bonds. The summed E-state index contributed by atoms with van der Waals surface area (Å²) < 4.78 is 0. The number of amides is 2. The number of carbonyl (C=O) groups is 2. The van der Waals surface area contributed by atoms with Crippen molar-refractivity contribution in [3.8, 4) is 0 Å². The highest BCUT2D eigenvalue weighted by Crippen LogP contribution is 2.23. The summed E-state index contributed by atoms with van der Waals surface area (Å²) in [7, 11) is 0. The van der Waals surface area contributed by atoms with Gasteiger partial charge in [0.15, 0.2) is 0 Å². The molecule has 1 atom stereocenters. The van der Waals surface area contributed by atoms with E-state index < -0.39 is 6.04 Å². The largest absolute Gasteiger partial charge is 0.344 e. The van der Waals surface area contributed by atoms with Crippen molar-refractivity contribution in [2.45, 2.75) is 45.1 Å². The molecule has 1 aromatic heterocycles. The number of carbonyl (C=O) groups excluding carboxylic acids is 2. The first-order valence-electron chi connectivity index (χ1n) is 8.19. The molecule has 1 aliphatic carbocycles. The van der Waals surface area contributed by atoms with Gasteiger partial charge in [0.1, 0.15) is 6.04 Å². The number of hydrogen-bond acceptors (Lipinski definition) is 3. The Morgan fingerprint density at radius 3 is 2.70 bits per heavy atom. The summed E-state index contributed by atoms with van der Waals surface area (Å²) in [5.41, 5.74) is 1.66. The van der Waals surface area contributed by atoms with Crippen LogP contribution in [0.1, 0.15) is 39.0 Å². The van der Waals surface area contributed by atoms with Crippen LogP contribution in [-0.2, 0) is 9.59 Å². The second kappa shape index (κ2) is 6.81. The Bertz CT molecular complexity index is 670. The zero-order chi connectivity index (χ0) is 16.2. The maximum atomic E-state index is 12.2. The lowest BCUT2D eigenvalue weighted by Crippen LogP contribution is -2.44. The molecule has 0 radical (unpaired) electrons. The van der Waals surface area contributed by atoms with Crippen molar-refractivity contribution in [3.63, 3.8) is 0 Å². The van der Waals surface area contributed by atoms with E-state index in [0.29, 0.717) is 5.95 Å². The lowest BCUT2D eigenvalue weighted by Gasteiger charge is -2.22. The van der Waals surface area contributed by atoms with Gasteiger partial charge in [0.05, 0.1) is 11.0 Å². The van der Waals surface area contributed by atoms with Gasteiger partial charge in [-0.1, -0.05) is 31.4 Å². The number of nitrogens with zero attached hydrogens (tertiary/aromatic N) is 1. The van der Waals surface area contributed by atoms with E-state index in [4.69, 9.17) is 0 Å². The van der Waals surface area contributed by atoms with Gasteiger partial charge in [-0.05, 0) is 31.9 Å². The van der Waals surface area contributed by atoms with Gasteiger partial charge in [0.2, 0.25) is 17.8 Å². The van der Waals surface area contributed by atoms with Crippen LogP contribution in [0.15, 0.2) is 24.3 Å². The zero-order valence-corrected chi connectivity index (χ0v) is 13.3. The lowest BCUT2D eigenvalue weighted by molar-refractivity contribution is -0.129. The topological polar surface area (TPSA) is 86.9 Å². The molecule has 6 nitrogen and oxygen atoms in total. The van der Waals surface area contributed by atoms with Gasteiger partial charge < -0.3 is 10.3 Å². The normalized spacial score (nSPS) is 16.9. The van der Waals surface area contributed by atoms with Crippen LogP contribution in [0.3, 0.4) is 0 Å². The average Bonchev–Trinajstić information content (AvgIpc) is 2.97. The first-order chi connectivity index (χ1) is 11.1. The van der Waals surface area contributed by atoms with Crippen LogP contribution < -0.4 is 10.6 Å². The molecule has 6 heteroatoms. The number of aromatic amines is 1. The zero-order valence-electron chi connectivity index (χ0n) is 13.3. The van der Waals surface area contributed by atoms with E-state index in [0.717, 1.165) is 36.7 Å². The fourth-order valence-corrected chi connectivity index (χ4v) is 3.00. The second-order valence-electron chi connectivity index (χ2n) is 6.16. The number of imidazole rings is 1. The molecular weight excluding hydrogens is 292 g/mol. The number of benzene rings is 1. The third kappa shape index (κ3) is 3.70. The molecule has 23 heavy (non-hydrogen) atoms. The highest BCUT2D eigenvalue weighted by atomic mass is 16.2. The Morgan fingerprint density at radius 2 is 1.96 bits per heavy atom. The molecule has 1 unspecified atom stereocenters. The van der Waals surface area contributed by atoms with E-state index in [-0.39, 0.29) is 17.7 Å². The summed E-state index contributed by atoms with van der Waals surface area (Å²) in [5.74, 6) is 0.158. The van der Waals surface area contributed by atoms with Gasteiger partial charge in [0.25, 0.3) is 0 Å². The third-order valence-corrected chi connectivity index (χ3v) is 4.36. The minimum atomic E-state index is -0.586. The SMILES string of the molecule is CC(NC(=O)C1CCCCC1)C(=O)Nc1nc2ccccc2[nH]1. The molecule has 3 rings (SSSR count). The minimum Gasteiger partial charge on any atom is -0.344 e. The Hall–Kier alpha value is -2.37. The number of hydrogen-bond donors (Lipinski definition) is 3. The Labute approximate surface area is 135 Å². The number of aromatic nitrogens is 2. The van der Waals surface area contributed by atoms with Crippen molar-refractivity contribution in [2.24, 2.45) is 5.92 Å². The van der Waals surface area contributed by atoms with E-state index in [1.54, 1.807) is 6.92 Å².